The molecule has 0 saturated carbocycles. The molecule has 1 N–H and O–H groups in total. The van der Waals surface area contributed by atoms with Crippen molar-refractivity contribution < 1.29 is 19.4 Å². The molecule has 0 spiro atoms. The van der Waals surface area contributed by atoms with Crippen molar-refractivity contribution in [2.24, 2.45) is 0 Å². The molecule has 0 bridgehead atoms. The summed E-state index contributed by atoms with van der Waals surface area (Å²) in [6, 6.07) is 19.9. The van der Waals surface area contributed by atoms with Crippen LogP contribution < -0.4 is 9.64 Å². The SMILES string of the molecule is CC.Cc1c(N(CCCO)C(=O)OC(C)(C)C)cc(OCc2ccccc2)c2ccccc12. The average molecular weight is 452 g/mol. The number of hydrogen-bond acceptors (Lipinski definition) is 4. The molecular weight excluding hydrogens is 414 g/mol. The summed E-state index contributed by atoms with van der Waals surface area (Å²) in [6.07, 6.45) is 0.0134. The lowest BCUT2D eigenvalue weighted by Crippen LogP contribution is -2.38. The Kier molecular flexibility index (Phi) is 9.74. The van der Waals surface area contributed by atoms with E-state index >= 15 is 0 Å². The van der Waals surface area contributed by atoms with Gasteiger partial charge in [-0.3, -0.25) is 4.90 Å². The quantitative estimate of drug-likeness (QED) is 0.425. The Morgan fingerprint density at radius 2 is 1.58 bits per heavy atom. The summed E-state index contributed by atoms with van der Waals surface area (Å²) in [7, 11) is 0. The first-order valence-corrected chi connectivity index (χ1v) is 11.6. The molecule has 0 radical (unpaired) electrons. The Labute approximate surface area is 197 Å². The second-order valence-electron chi connectivity index (χ2n) is 8.55. The Balaban J connectivity index is 0.00000187. The normalized spacial score (nSPS) is 10.9. The lowest BCUT2D eigenvalue weighted by atomic mass is 10.0. The molecule has 3 aromatic carbocycles. The maximum Gasteiger partial charge on any atom is 0.414 e. The number of hydrogen-bond donors (Lipinski definition) is 1. The van der Waals surface area contributed by atoms with E-state index < -0.39 is 11.7 Å². The van der Waals surface area contributed by atoms with E-state index in [1.165, 1.54) is 0 Å². The van der Waals surface area contributed by atoms with Crippen molar-refractivity contribution in [3.8, 4) is 5.75 Å². The van der Waals surface area contributed by atoms with Gasteiger partial charge in [-0.25, -0.2) is 4.79 Å². The van der Waals surface area contributed by atoms with Gasteiger partial charge in [-0.2, -0.15) is 0 Å². The van der Waals surface area contributed by atoms with Crippen LogP contribution in [0.5, 0.6) is 5.75 Å². The van der Waals surface area contributed by atoms with Gasteiger partial charge in [0, 0.05) is 24.6 Å². The van der Waals surface area contributed by atoms with Crippen LogP contribution in [0, 0.1) is 6.92 Å². The van der Waals surface area contributed by atoms with Gasteiger partial charge in [0.05, 0.1) is 5.69 Å². The number of amides is 1. The molecule has 33 heavy (non-hydrogen) atoms. The Hall–Kier alpha value is -3.05. The number of aryl methyl sites for hydroxylation is 1. The molecule has 0 aromatic heterocycles. The molecule has 5 heteroatoms. The van der Waals surface area contributed by atoms with E-state index in [9.17, 15) is 9.90 Å². The first kappa shape index (κ1) is 26.2. The van der Waals surface area contributed by atoms with Crippen LogP contribution in [0.1, 0.15) is 52.2 Å². The summed E-state index contributed by atoms with van der Waals surface area (Å²) in [5, 5.41) is 11.4. The number of nitrogens with zero attached hydrogens (tertiary/aromatic N) is 1. The van der Waals surface area contributed by atoms with Gasteiger partial charge in [-0.1, -0.05) is 68.4 Å². The Morgan fingerprint density at radius 3 is 2.18 bits per heavy atom. The van der Waals surface area contributed by atoms with Crippen LogP contribution in [0.3, 0.4) is 0 Å². The third-order valence-corrected chi connectivity index (χ3v) is 4.93. The van der Waals surface area contributed by atoms with Gasteiger partial charge in [0.1, 0.15) is 18.0 Å². The Bertz CT molecular complexity index is 1030. The summed E-state index contributed by atoms with van der Waals surface area (Å²) in [4.78, 5) is 14.6. The number of anilines is 1. The van der Waals surface area contributed by atoms with Crippen molar-refractivity contribution in [3.63, 3.8) is 0 Å². The number of carbonyl (C=O) groups is 1. The fraction of sp³-hybridized carbons (Fsp3) is 0.393. The lowest BCUT2D eigenvalue weighted by Gasteiger charge is -2.29. The molecule has 0 aliphatic rings. The van der Waals surface area contributed by atoms with Crippen molar-refractivity contribution in [1.29, 1.82) is 0 Å². The first-order valence-electron chi connectivity index (χ1n) is 11.6. The smallest absolute Gasteiger partial charge is 0.414 e. The van der Waals surface area contributed by atoms with E-state index in [0.29, 0.717) is 25.3 Å². The van der Waals surface area contributed by atoms with Crippen LogP contribution in [0.15, 0.2) is 60.7 Å². The highest BCUT2D eigenvalue weighted by Gasteiger charge is 2.25. The summed E-state index contributed by atoms with van der Waals surface area (Å²) in [6.45, 7) is 12.3. The minimum absolute atomic E-state index is 0.0106. The maximum atomic E-state index is 13.0. The number of benzene rings is 3. The van der Waals surface area contributed by atoms with E-state index in [0.717, 1.165) is 27.6 Å². The van der Waals surface area contributed by atoms with E-state index in [4.69, 9.17) is 9.47 Å². The van der Waals surface area contributed by atoms with Crippen LogP contribution in [0.4, 0.5) is 10.5 Å². The summed E-state index contributed by atoms with van der Waals surface area (Å²) < 4.78 is 11.9. The summed E-state index contributed by atoms with van der Waals surface area (Å²) in [5.41, 5.74) is 2.14. The van der Waals surface area contributed by atoms with Crippen LogP contribution in [-0.2, 0) is 11.3 Å². The van der Waals surface area contributed by atoms with Gasteiger partial charge in [-0.05, 0) is 50.6 Å². The van der Waals surface area contributed by atoms with Gasteiger partial charge >= 0.3 is 6.09 Å². The topological polar surface area (TPSA) is 59.0 Å². The van der Waals surface area contributed by atoms with Crippen LogP contribution in [-0.4, -0.2) is 30.0 Å². The monoisotopic (exact) mass is 451 g/mol. The molecule has 0 saturated heterocycles. The third kappa shape index (κ3) is 7.22. The highest BCUT2D eigenvalue weighted by atomic mass is 16.6. The molecule has 0 atom stereocenters. The van der Waals surface area contributed by atoms with Crippen molar-refractivity contribution in [2.45, 2.75) is 60.2 Å². The predicted molar refractivity (Wildman–Crippen MR) is 136 cm³/mol. The number of ether oxygens (including phenoxy) is 2. The highest BCUT2D eigenvalue weighted by molar-refractivity contribution is 5.99. The van der Waals surface area contributed by atoms with E-state index in [2.05, 4.69) is 0 Å². The van der Waals surface area contributed by atoms with E-state index in [1.807, 2.05) is 102 Å². The van der Waals surface area contributed by atoms with Crippen LogP contribution >= 0.6 is 0 Å². The molecule has 0 aliphatic heterocycles. The zero-order valence-electron chi connectivity index (χ0n) is 20.7. The van der Waals surface area contributed by atoms with Crippen LogP contribution in [0.2, 0.25) is 0 Å². The molecule has 0 unspecified atom stereocenters. The second kappa shape index (κ2) is 12.3. The predicted octanol–water partition coefficient (Wildman–Crippen LogP) is 6.88. The molecule has 1 amide bonds. The minimum Gasteiger partial charge on any atom is -0.488 e. The van der Waals surface area contributed by atoms with Gasteiger partial charge < -0.3 is 14.6 Å². The summed E-state index contributed by atoms with van der Waals surface area (Å²) in [5.74, 6) is 0.706. The number of carbonyl (C=O) groups excluding carboxylic acids is 1. The van der Waals surface area contributed by atoms with Gasteiger partial charge in [0.15, 0.2) is 0 Å². The highest BCUT2D eigenvalue weighted by Crippen LogP contribution is 2.37. The number of rotatable bonds is 7. The second-order valence-corrected chi connectivity index (χ2v) is 8.55. The Morgan fingerprint density at radius 1 is 0.970 bits per heavy atom. The van der Waals surface area contributed by atoms with Crippen molar-refractivity contribution in [3.05, 3.63) is 71.8 Å². The zero-order valence-corrected chi connectivity index (χ0v) is 20.7. The van der Waals surface area contributed by atoms with Crippen molar-refractivity contribution in [1.82, 2.24) is 0 Å². The van der Waals surface area contributed by atoms with Gasteiger partial charge in [-0.15, -0.1) is 0 Å². The molecule has 178 valence electrons. The lowest BCUT2D eigenvalue weighted by molar-refractivity contribution is 0.0578. The minimum atomic E-state index is -0.619. The number of fused-ring (bicyclic) bond motifs is 1. The van der Waals surface area contributed by atoms with Gasteiger partial charge in [0.25, 0.3) is 0 Å². The standard InChI is InChI=1S/C26H31NO4.C2H6/c1-19-21-13-8-9-14-22(21)24(30-18-20-11-6-5-7-12-20)17-23(19)27(15-10-16-28)25(29)31-26(2,3)4;1-2/h5-9,11-14,17,28H,10,15-16,18H2,1-4H3;1-2H3. The molecule has 0 fully saturated rings. The van der Waals surface area contributed by atoms with E-state index in [1.54, 1.807) is 4.90 Å². The fourth-order valence-electron chi connectivity index (χ4n) is 3.46. The first-order chi connectivity index (χ1) is 15.8. The van der Waals surface area contributed by atoms with Crippen LogP contribution in [0.25, 0.3) is 10.8 Å². The van der Waals surface area contributed by atoms with E-state index in [-0.39, 0.29) is 6.61 Å². The molecule has 0 heterocycles. The molecular formula is C28H37NO4. The zero-order chi connectivity index (χ0) is 24.4. The van der Waals surface area contributed by atoms with Crippen molar-refractivity contribution >= 4 is 22.6 Å². The molecule has 3 rings (SSSR count). The molecule has 3 aromatic rings. The molecule has 0 aliphatic carbocycles. The third-order valence-electron chi connectivity index (χ3n) is 4.93. The maximum absolute atomic E-state index is 13.0. The molecule has 5 nitrogen and oxygen atoms in total. The number of aliphatic hydroxyl groups is 1. The average Bonchev–Trinajstić information content (AvgIpc) is 2.81. The van der Waals surface area contributed by atoms with Gasteiger partial charge in [0.2, 0.25) is 0 Å². The number of aliphatic hydroxyl groups excluding tert-OH is 1. The van der Waals surface area contributed by atoms with Crippen molar-refractivity contribution in [2.75, 3.05) is 18.1 Å². The fourth-order valence-corrected chi connectivity index (χ4v) is 3.46. The summed E-state index contributed by atoms with van der Waals surface area (Å²) >= 11 is 0. The largest absolute Gasteiger partial charge is 0.488 e.